The van der Waals surface area contributed by atoms with Gasteiger partial charge < -0.3 is 4.90 Å². The molecule has 1 fully saturated rings. The van der Waals surface area contributed by atoms with Gasteiger partial charge in [-0.25, -0.2) is 4.98 Å². The van der Waals surface area contributed by atoms with Crippen molar-refractivity contribution in [3.8, 4) is 5.69 Å². The highest BCUT2D eigenvalue weighted by Crippen LogP contribution is 2.25. The van der Waals surface area contributed by atoms with Gasteiger partial charge in [-0.3, -0.25) is 14.2 Å². The van der Waals surface area contributed by atoms with Gasteiger partial charge in [0.1, 0.15) is 0 Å². The molecule has 1 saturated heterocycles. The summed E-state index contributed by atoms with van der Waals surface area (Å²) in [6, 6.07) is 14.7. The lowest BCUT2D eigenvalue weighted by atomic mass is 10.0. The maximum absolute atomic E-state index is 13.3. The standard InChI is InChI=1S/C23H24ClN3O2S/c1-2-17-9-5-6-13-26(17)21(28)15-30-23-25-20-12-4-3-11-19(20)22(29)27(23)18-10-7-8-16(24)14-18/h3-4,7-8,10-12,14,17H,2,5-6,9,13,15H2,1H3. The van der Waals surface area contributed by atoms with Crippen molar-refractivity contribution >= 4 is 40.2 Å². The lowest BCUT2D eigenvalue weighted by Gasteiger charge is -2.35. The Labute approximate surface area is 185 Å². The van der Waals surface area contributed by atoms with Gasteiger partial charge in [0.15, 0.2) is 5.16 Å². The number of hydrogen-bond donors (Lipinski definition) is 0. The van der Waals surface area contributed by atoms with Crippen LogP contribution in [0.15, 0.2) is 58.5 Å². The highest BCUT2D eigenvalue weighted by molar-refractivity contribution is 7.99. The van der Waals surface area contributed by atoms with E-state index in [9.17, 15) is 9.59 Å². The molecular weight excluding hydrogens is 418 g/mol. The van der Waals surface area contributed by atoms with Crippen LogP contribution in [0.4, 0.5) is 0 Å². The molecule has 30 heavy (non-hydrogen) atoms. The molecule has 4 rings (SSSR count). The first-order valence-electron chi connectivity index (χ1n) is 10.3. The first kappa shape index (κ1) is 20.9. The van der Waals surface area contributed by atoms with Crippen molar-refractivity contribution in [2.75, 3.05) is 12.3 Å². The zero-order chi connectivity index (χ0) is 21.1. The Hall–Kier alpha value is -2.31. The number of nitrogens with zero attached hydrogens (tertiary/aromatic N) is 3. The first-order valence-corrected chi connectivity index (χ1v) is 11.6. The Morgan fingerprint density at radius 1 is 1.20 bits per heavy atom. The largest absolute Gasteiger partial charge is 0.339 e. The molecule has 3 aromatic rings. The molecule has 5 nitrogen and oxygen atoms in total. The first-order chi connectivity index (χ1) is 14.6. The van der Waals surface area contributed by atoms with E-state index < -0.39 is 0 Å². The number of carbonyl (C=O) groups excluding carboxylic acids is 1. The average Bonchev–Trinajstić information content (AvgIpc) is 2.77. The molecule has 0 aliphatic carbocycles. The molecule has 1 aliphatic rings. The van der Waals surface area contributed by atoms with Crippen molar-refractivity contribution in [2.24, 2.45) is 0 Å². The molecule has 0 bridgehead atoms. The second kappa shape index (κ2) is 9.23. The van der Waals surface area contributed by atoms with Crippen LogP contribution in [0.5, 0.6) is 0 Å². The molecule has 0 N–H and O–H groups in total. The average molecular weight is 442 g/mol. The fourth-order valence-corrected chi connectivity index (χ4v) is 5.10. The minimum atomic E-state index is -0.165. The Morgan fingerprint density at radius 3 is 2.83 bits per heavy atom. The summed E-state index contributed by atoms with van der Waals surface area (Å²) in [4.78, 5) is 32.9. The van der Waals surface area contributed by atoms with Crippen LogP contribution in [0, 0.1) is 0 Å². The summed E-state index contributed by atoms with van der Waals surface area (Å²) in [5.41, 5.74) is 1.10. The van der Waals surface area contributed by atoms with Gasteiger partial charge in [0.05, 0.1) is 22.3 Å². The minimum Gasteiger partial charge on any atom is -0.339 e. The van der Waals surface area contributed by atoms with Gasteiger partial charge in [-0.1, -0.05) is 48.5 Å². The van der Waals surface area contributed by atoms with E-state index in [1.165, 1.54) is 18.2 Å². The van der Waals surface area contributed by atoms with E-state index in [2.05, 4.69) is 6.92 Å². The summed E-state index contributed by atoms with van der Waals surface area (Å²) in [7, 11) is 0. The van der Waals surface area contributed by atoms with Gasteiger partial charge in [-0.2, -0.15) is 0 Å². The van der Waals surface area contributed by atoms with E-state index in [0.29, 0.717) is 32.8 Å². The molecule has 2 aromatic carbocycles. The van der Waals surface area contributed by atoms with Crippen molar-refractivity contribution in [1.29, 1.82) is 0 Å². The molecule has 0 spiro atoms. The van der Waals surface area contributed by atoms with Crippen LogP contribution in [0.25, 0.3) is 16.6 Å². The number of rotatable bonds is 5. The molecule has 1 aliphatic heterocycles. The summed E-state index contributed by atoms with van der Waals surface area (Å²) in [6.45, 7) is 2.94. The fraction of sp³-hybridized carbons (Fsp3) is 0.348. The number of benzene rings is 2. The van der Waals surface area contributed by atoms with Crippen LogP contribution in [0.3, 0.4) is 0 Å². The number of amides is 1. The van der Waals surface area contributed by atoms with E-state index in [0.717, 1.165) is 25.8 Å². The number of para-hydroxylation sites is 1. The molecular formula is C23H24ClN3O2S. The van der Waals surface area contributed by atoms with Gasteiger partial charge in [-0.15, -0.1) is 0 Å². The lowest BCUT2D eigenvalue weighted by Crippen LogP contribution is -2.44. The second-order valence-electron chi connectivity index (χ2n) is 7.47. The van der Waals surface area contributed by atoms with Crippen LogP contribution in [0.1, 0.15) is 32.6 Å². The normalized spacial score (nSPS) is 16.7. The fourth-order valence-electron chi connectivity index (χ4n) is 4.01. The monoisotopic (exact) mass is 441 g/mol. The molecule has 1 unspecified atom stereocenters. The summed E-state index contributed by atoms with van der Waals surface area (Å²) in [5.74, 6) is 0.355. The zero-order valence-electron chi connectivity index (χ0n) is 16.9. The molecule has 156 valence electrons. The van der Waals surface area contributed by atoms with Crippen LogP contribution >= 0.6 is 23.4 Å². The topological polar surface area (TPSA) is 55.2 Å². The summed E-state index contributed by atoms with van der Waals surface area (Å²) >= 11 is 7.48. The SMILES string of the molecule is CCC1CCCCN1C(=O)CSc1nc2ccccc2c(=O)n1-c1cccc(Cl)c1. The Morgan fingerprint density at radius 2 is 2.03 bits per heavy atom. The smallest absolute Gasteiger partial charge is 0.266 e. The van der Waals surface area contributed by atoms with E-state index in [1.54, 1.807) is 28.8 Å². The van der Waals surface area contributed by atoms with Crippen LogP contribution in [-0.4, -0.2) is 38.7 Å². The van der Waals surface area contributed by atoms with Crippen molar-refractivity contribution in [3.63, 3.8) is 0 Å². The van der Waals surface area contributed by atoms with E-state index in [4.69, 9.17) is 16.6 Å². The van der Waals surface area contributed by atoms with Crippen molar-refractivity contribution in [1.82, 2.24) is 14.5 Å². The Balaban J connectivity index is 1.70. The van der Waals surface area contributed by atoms with Gasteiger partial charge in [0, 0.05) is 17.6 Å². The Kier molecular flexibility index (Phi) is 6.44. The predicted octanol–water partition coefficient (Wildman–Crippen LogP) is 4.92. The third-order valence-electron chi connectivity index (χ3n) is 5.55. The molecule has 1 atom stereocenters. The lowest BCUT2D eigenvalue weighted by molar-refractivity contribution is -0.132. The van der Waals surface area contributed by atoms with Crippen molar-refractivity contribution < 1.29 is 4.79 Å². The summed E-state index contributed by atoms with van der Waals surface area (Å²) in [5, 5.41) is 1.58. The van der Waals surface area contributed by atoms with E-state index in [1.807, 2.05) is 29.2 Å². The molecule has 1 amide bonds. The molecule has 0 radical (unpaired) electrons. The predicted molar refractivity (Wildman–Crippen MR) is 123 cm³/mol. The van der Waals surface area contributed by atoms with Crippen molar-refractivity contribution in [3.05, 3.63) is 63.9 Å². The van der Waals surface area contributed by atoms with Crippen LogP contribution < -0.4 is 5.56 Å². The Bertz CT molecular complexity index is 1130. The van der Waals surface area contributed by atoms with Gasteiger partial charge in [0.25, 0.3) is 5.56 Å². The second-order valence-corrected chi connectivity index (χ2v) is 8.84. The highest BCUT2D eigenvalue weighted by atomic mass is 35.5. The molecule has 7 heteroatoms. The summed E-state index contributed by atoms with van der Waals surface area (Å²) in [6.07, 6.45) is 4.26. The molecule has 1 aromatic heterocycles. The zero-order valence-corrected chi connectivity index (χ0v) is 18.5. The highest BCUT2D eigenvalue weighted by Gasteiger charge is 2.25. The number of halogens is 1. The number of piperidine rings is 1. The number of likely N-dealkylation sites (tertiary alicyclic amines) is 1. The third-order valence-corrected chi connectivity index (χ3v) is 6.71. The molecule has 0 saturated carbocycles. The quantitative estimate of drug-likeness (QED) is 0.416. The van der Waals surface area contributed by atoms with Gasteiger partial charge in [0.2, 0.25) is 5.91 Å². The number of carbonyl (C=O) groups is 1. The number of thioether (sulfide) groups is 1. The van der Waals surface area contributed by atoms with E-state index in [-0.39, 0.29) is 17.2 Å². The maximum atomic E-state index is 13.3. The van der Waals surface area contributed by atoms with Gasteiger partial charge >= 0.3 is 0 Å². The third kappa shape index (κ3) is 4.25. The minimum absolute atomic E-state index is 0.103. The van der Waals surface area contributed by atoms with Crippen LogP contribution in [0.2, 0.25) is 5.02 Å². The summed E-state index contributed by atoms with van der Waals surface area (Å²) < 4.78 is 1.56. The number of aromatic nitrogens is 2. The van der Waals surface area contributed by atoms with E-state index >= 15 is 0 Å². The number of fused-ring (bicyclic) bond motifs is 1. The van der Waals surface area contributed by atoms with Gasteiger partial charge in [-0.05, 0) is 56.0 Å². The maximum Gasteiger partial charge on any atom is 0.266 e. The van der Waals surface area contributed by atoms with Crippen molar-refractivity contribution in [2.45, 2.75) is 43.8 Å². The molecule has 2 heterocycles. The van der Waals surface area contributed by atoms with Crippen LogP contribution in [-0.2, 0) is 4.79 Å². The number of hydrogen-bond acceptors (Lipinski definition) is 4.